The fraction of sp³-hybridized carbons (Fsp3) is 0.310. The molecule has 0 spiro atoms. The number of benzene rings is 3. The van der Waals surface area contributed by atoms with E-state index in [1.807, 2.05) is 74.5 Å². The number of rotatable bonds is 13. The minimum atomic E-state index is -3.81. The number of ether oxygens (including phenoxy) is 1. The zero-order valence-corrected chi connectivity index (χ0v) is 22.9. The lowest BCUT2D eigenvalue weighted by atomic mass is 10.1. The Morgan fingerprint density at radius 2 is 1.45 bits per heavy atom. The van der Waals surface area contributed by atoms with Gasteiger partial charge in [0.2, 0.25) is 21.8 Å². The van der Waals surface area contributed by atoms with Gasteiger partial charge in [-0.3, -0.25) is 13.9 Å². The zero-order chi connectivity index (χ0) is 27.5. The first kappa shape index (κ1) is 28.7. The number of amides is 2. The maximum Gasteiger partial charge on any atom is 0.244 e. The Labute approximate surface area is 225 Å². The lowest BCUT2D eigenvalue weighted by molar-refractivity contribution is -0.140. The molecular formula is C29H35N3O5S. The third-order valence-corrected chi connectivity index (χ3v) is 7.05. The summed E-state index contributed by atoms with van der Waals surface area (Å²) in [6.45, 7) is 4.02. The Bertz CT molecular complexity index is 1280. The van der Waals surface area contributed by atoms with Gasteiger partial charge in [0.05, 0.1) is 11.9 Å². The predicted molar refractivity (Wildman–Crippen MR) is 150 cm³/mol. The van der Waals surface area contributed by atoms with E-state index in [4.69, 9.17) is 4.74 Å². The minimum absolute atomic E-state index is 0.180. The lowest BCUT2D eigenvalue weighted by Crippen LogP contribution is -2.52. The molecule has 9 heteroatoms. The second kappa shape index (κ2) is 13.6. The number of anilines is 1. The molecule has 0 bridgehead atoms. The smallest absolute Gasteiger partial charge is 0.244 e. The summed E-state index contributed by atoms with van der Waals surface area (Å²) in [5, 5.41) is 2.87. The van der Waals surface area contributed by atoms with Crippen LogP contribution >= 0.6 is 0 Å². The summed E-state index contributed by atoms with van der Waals surface area (Å²) in [7, 11) is -3.81. The van der Waals surface area contributed by atoms with Crippen LogP contribution in [0.2, 0.25) is 0 Å². The predicted octanol–water partition coefficient (Wildman–Crippen LogP) is 4.58. The van der Waals surface area contributed by atoms with E-state index in [2.05, 4.69) is 5.32 Å². The van der Waals surface area contributed by atoms with Crippen LogP contribution in [-0.2, 0) is 26.2 Å². The van der Waals surface area contributed by atoms with Crippen LogP contribution in [0.4, 0.5) is 5.69 Å². The fourth-order valence-electron chi connectivity index (χ4n) is 3.98. The normalized spacial score (nSPS) is 11.9. The molecule has 0 aliphatic carbocycles. The molecule has 0 unspecified atom stereocenters. The van der Waals surface area contributed by atoms with Gasteiger partial charge in [-0.1, -0.05) is 62.4 Å². The Morgan fingerprint density at radius 3 is 2.00 bits per heavy atom. The van der Waals surface area contributed by atoms with Crippen LogP contribution in [0, 0.1) is 0 Å². The maximum absolute atomic E-state index is 13.7. The van der Waals surface area contributed by atoms with Crippen molar-refractivity contribution < 1.29 is 22.7 Å². The van der Waals surface area contributed by atoms with Crippen LogP contribution in [0.15, 0.2) is 84.9 Å². The van der Waals surface area contributed by atoms with E-state index in [-0.39, 0.29) is 12.5 Å². The molecule has 8 nitrogen and oxygen atoms in total. The van der Waals surface area contributed by atoms with Crippen molar-refractivity contribution in [3.63, 3.8) is 0 Å². The Hall–Kier alpha value is -3.85. The van der Waals surface area contributed by atoms with Crippen molar-refractivity contribution in [2.45, 2.75) is 39.3 Å². The Balaban J connectivity index is 1.86. The van der Waals surface area contributed by atoms with Gasteiger partial charge in [0.15, 0.2) is 0 Å². The molecule has 1 N–H and O–H groups in total. The van der Waals surface area contributed by atoms with Crippen LogP contribution in [-0.4, -0.2) is 50.5 Å². The second-order valence-corrected chi connectivity index (χ2v) is 10.8. The molecule has 0 aromatic heterocycles. The highest BCUT2D eigenvalue weighted by Gasteiger charge is 2.31. The molecule has 2 amide bonds. The maximum atomic E-state index is 13.7. The topological polar surface area (TPSA) is 96.0 Å². The molecule has 1 atom stereocenters. The number of sulfonamides is 1. The van der Waals surface area contributed by atoms with Gasteiger partial charge in [0, 0.05) is 13.1 Å². The molecule has 3 rings (SSSR count). The highest BCUT2D eigenvalue weighted by Crippen LogP contribution is 2.26. The molecule has 0 aliphatic heterocycles. The molecule has 3 aromatic rings. The molecule has 0 fully saturated rings. The largest absolute Gasteiger partial charge is 0.457 e. The standard InChI is InChI=1S/C29H35N3O5S/c1-4-20-30-29(34)27(5-2)31(21-23-12-8-6-9-13-23)28(33)22-32(38(3,35)36)24-16-18-26(19-17-24)37-25-14-10-7-11-15-25/h6-19,27H,4-5,20-22H2,1-3H3,(H,30,34)/t27-/m1/s1. The van der Waals surface area contributed by atoms with E-state index in [0.717, 1.165) is 22.5 Å². The number of para-hydroxylation sites is 1. The van der Waals surface area contributed by atoms with E-state index in [1.165, 1.54) is 4.90 Å². The number of hydrogen-bond donors (Lipinski definition) is 1. The van der Waals surface area contributed by atoms with Gasteiger partial charge in [0.25, 0.3) is 0 Å². The number of carbonyl (C=O) groups excluding carboxylic acids is 2. The van der Waals surface area contributed by atoms with Crippen LogP contribution in [0.1, 0.15) is 32.3 Å². The highest BCUT2D eigenvalue weighted by atomic mass is 32.2. The molecular weight excluding hydrogens is 502 g/mol. The first-order chi connectivity index (χ1) is 18.2. The van der Waals surface area contributed by atoms with Crippen LogP contribution in [0.25, 0.3) is 0 Å². The molecule has 0 saturated heterocycles. The Kier molecular flexibility index (Phi) is 10.3. The summed E-state index contributed by atoms with van der Waals surface area (Å²) in [4.78, 5) is 28.1. The third kappa shape index (κ3) is 8.08. The van der Waals surface area contributed by atoms with Crippen molar-refractivity contribution in [1.29, 1.82) is 0 Å². The second-order valence-electron chi connectivity index (χ2n) is 8.90. The summed E-state index contributed by atoms with van der Waals surface area (Å²) >= 11 is 0. The van der Waals surface area contributed by atoms with E-state index in [1.54, 1.807) is 24.3 Å². The fourth-order valence-corrected chi connectivity index (χ4v) is 4.83. The summed E-state index contributed by atoms with van der Waals surface area (Å²) in [5.74, 6) is 0.456. The Morgan fingerprint density at radius 1 is 0.868 bits per heavy atom. The van der Waals surface area contributed by atoms with Gasteiger partial charge in [-0.25, -0.2) is 8.42 Å². The zero-order valence-electron chi connectivity index (χ0n) is 22.0. The minimum Gasteiger partial charge on any atom is -0.457 e. The highest BCUT2D eigenvalue weighted by molar-refractivity contribution is 7.92. The van der Waals surface area contributed by atoms with Gasteiger partial charge in [-0.2, -0.15) is 0 Å². The lowest BCUT2D eigenvalue weighted by Gasteiger charge is -2.32. The monoisotopic (exact) mass is 537 g/mol. The molecule has 0 heterocycles. The van der Waals surface area contributed by atoms with Crippen molar-refractivity contribution in [2.75, 3.05) is 23.7 Å². The van der Waals surface area contributed by atoms with Crippen molar-refractivity contribution in [3.05, 3.63) is 90.5 Å². The van der Waals surface area contributed by atoms with Crippen LogP contribution in [0.5, 0.6) is 11.5 Å². The third-order valence-electron chi connectivity index (χ3n) is 5.91. The first-order valence-corrected chi connectivity index (χ1v) is 14.5. The molecule has 202 valence electrons. The number of hydrogen-bond acceptors (Lipinski definition) is 5. The van der Waals surface area contributed by atoms with Crippen LogP contribution < -0.4 is 14.4 Å². The van der Waals surface area contributed by atoms with Gasteiger partial charge in [-0.15, -0.1) is 0 Å². The van der Waals surface area contributed by atoms with Crippen molar-refractivity contribution in [2.24, 2.45) is 0 Å². The number of carbonyl (C=O) groups is 2. The van der Waals surface area contributed by atoms with Gasteiger partial charge in [-0.05, 0) is 54.8 Å². The average molecular weight is 538 g/mol. The quantitative estimate of drug-likeness (QED) is 0.344. The van der Waals surface area contributed by atoms with E-state index < -0.39 is 28.5 Å². The SMILES string of the molecule is CCCNC(=O)[C@@H](CC)N(Cc1ccccc1)C(=O)CN(c1ccc(Oc2ccccc2)cc1)S(C)(=O)=O. The van der Waals surface area contributed by atoms with Gasteiger partial charge < -0.3 is 15.0 Å². The van der Waals surface area contributed by atoms with E-state index >= 15 is 0 Å². The molecule has 38 heavy (non-hydrogen) atoms. The van der Waals surface area contributed by atoms with Gasteiger partial charge in [0.1, 0.15) is 24.1 Å². The molecule has 0 saturated carbocycles. The number of nitrogens with zero attached hydrogens (tertiary/aromatic N) is 2. The van der Waals surface area contributed by atoms with E-state index in [9.17, 15) is 18.0 Å². The van der Waals surface area contributed by atoms with Crippen molar-refractivity contribution in [1.82, 2.24) is 10.2 Å². The summed E-state index contributed by atoms with van der Waals surface area (Å²) in [5.41, 5.74) is 1.17. The summed E-state index contributed by atoms with van der Waals surface area (Å²) in [6, 6.07) is 24.3. The number of nitrogens with one attached hydrogen (secondary N) is 1. The van der Waals surface area contributed by atoms with E-state index in [0.29, 0.717) is 30.2 Å². The molecule has 0 radical (unpaired) electrons. The molecule has 0 aliphatic rings. The van der Waals surface area contributed by atoms with Crippen LogP contribution in [0.3, 0.4) is 0 Å². The van der Waals surface area contributed by atoms with Crippen molar-refractivity contribution in [3.8, 4) is 11.5 Å². The average Bonchev–Trinajstić information content (AvgIpc) is 2.91. The molecule has 3 aromatic carbocycles. The summed E-state index contributed by atoms with van der Waals surface area (Å²) < 4.78 is 32.4. The van der Waals surface area contributed by atoms with Crippen molar-refractivity contribution >= 4 is 27.5 Å². The summed E-state index contributed by atoms with van der Waals surface area (Å²) in [6.07, 6.45) is 2.21. The first-order valence-electron chi connectivity index (χ1n) is 12.6. The van der Waals surface area contributed by atoms with Gasteiger partial charge >= 0.3 is 0 Å².